The Morgan fingerprint density at radius 1 is 1.14 bits per heavy atom. The highest BCUT2D eigenvalue weighted by Crippen LogP contribution is 2.29. The van der Waals surface area contributed by atoms with E-state index in [4.69, 9.17) is 0 Å². The van der Waals surface area contributed by atoms with Crippen molar-refractivity contribution in [3.8, 4) is 0 Å². The number of nitrogens with zero attached hydrogens (tertiary/aromatic N) is 2. The molecular formula is C19H21N3O5S. The van der Waals surface area contributed by atoms with Gasteiger partial charge in [0.15, 0.2) is 4.90 Å². The molecule has 1 aliphatic heterocycles. The molecule has 1 fully saturated rings. The van der Waals surface area contributed by atoms with E-state index in [2.05, 4.69) is 5.32 Å². The fourth-order valence-corrected chi connectivity index (χ4v) is 4.92. The second-order valence-corrected chi connectivity index (χ2v) is 8.67. The predicted octanol–water partition coefficient (Wildman–Crippen LogP) is 2.94. The first-order valence-electron chi connectivity index (χ1n) is 8.90. The van der Waals surface area contributed by atoms with Crippen LogP contribution in [0.3, 0.4) is 0 Å². The van der Waals surface area contributed by atoms with Crippen molar-refractivity contribution in [3.05, 3.63) is 64.2 Å². The molecule has 0 aromatic heterocycles. The minimum Gasteiger partial charge on any atom is -0.326 e. The van der Waals surface area contributed by atoms with Crippen LogP contribution >= 0.6 is 0 Å². The van der Waals surface area contributed by atoms with Gasteiger partial charge in [-0.2, -0.15) is 4.31 Å². The first kappa shape index (κ1) is 20.0. The Morgan fingerprint density at radius 3 is 2.46 bits per heavy atom. The molecule has 8 nitrogen and oxygen atoms in total. The first-order chi connectivity index (χ1) is 13.3. The van der Waals surface area contributed by atoms with Gasteiger partial charge in [-0.25, -0.2) is 8.42 Å². The minimum absolute atomic E-state index is 0.139. The van der Waals surface area contributed by atoms with Gasteiger partial charge in [0, 0.05) is 30.8 Å². The van der Waals surface area contributed by atoms with E-state index in [0.717, 1.165) is 5.56 Å². The molecule has 0 radical (unpaired) electrons. The van der Waals surface area contributed by atoms with Gasteiger partial charge in [0.2, 0.25) is 15.9 Å². The summed E-state index contributed by atoms with van der Waals surface area (Å²) in [6, 6.07) is 12.8. The van der Waals surface area contributed by atoms with Crippen LogP contribution in [0.2, 0.25) is 0 Å². The molecule has 9 heteroatoms. The third kappa shape index (κ3) is 4.20. The maximum Gasteiger partial charge on any atom is 0.289 e. The monoisotopic (exact) mass is 403 g/mol. The molecule has 2 aromatic carbocycles. The van der Waals surface area contributed by atoms with E-state index in [0.29, 0.717) is 18.5 Å². The maximum absolute atomic E-state index is 12.8. The standard InChI is InChI=1S/C19H21N3O5S/c1-14-5-4-6-16(13-14)20-19(23)15-9-11-21(12-10-15)28(26,27)18-8-3-2-7-17(18)22(24)25/h2-8,13,15H,9-12H2,1H3,(H,20,23). The predicted molar refractivity (Wildman–Crippen MR) is 104 cm³/mol. The lowest BCUT2D eigenvalue weighted by molar-refractivity contribution is -0.387. The summed E-state index contributed by atoms with van der Waals surface area (Å²) >= 11 is 0. The van der Waals surface area contributed by atoms with E-state index in [1.165, 1.54) is 28.6 Å². The summed E-state index contributed by atoms with van der Waals surface area (Å²) in [7, 11) is -3.99. The second kappa shape index (κ2) is 8.07. The van der Waals surface area contributed by atoms with Gasteiger partial charge in [-0.05, 0) is 43.5 Å². The molecule has 2 aromatic rings. The van der Waals surface area contributed by atoms with Gasteiger partial charge in [-0.15, -0.1) is 0 Å². The van der Waals surface area contributed by atoms with E-state index < -0.39 is 20.6 Å². The van der Waals surface area contributed by atoms with Gasteiger partial charge in [0.25, 0.3) is 5.69 Å². The topological polar surface area (TPSA) is 110 Å². The van der Waals surface area contributed by atoms with Gasteiger partial charge in [-0.1, -0.05) is 24.3 Å². The quantitative estimate of drug-likeness (QED) is 0.610. The summed E-state index contributed by atoms with van der Waals surface area (Å²) in [6.07, 6.45) is 0.717. The van der Waals surface area contributed by atoms with Crippen molar-refractivity contribution in [1.82, 2.24) is 4.31 Å². The number of nitro groups is 1. The molecule has 0 spiro atoms. The van der Waals surface area contributed by atoms with Crippen molar-refractivity contribution in [1.29, 1.82) is 0 Å². The van der Waals surface area contributed by atoms with Crippen molar-refractivity contribution in [3.63, 3.8) is 0 Å². The fraction of sp³-hybridized carbons (Fsp3) is 0.316. The molecule has 3 rings (SSSR count). The Hall–Kier alpha value is -2.78. The number of benzene rings is 2. The molecule has 0 bridgehead atoms. The first-order valence-corrected chi connectivity index (χ1v) is 10.3. The number of carbonyl (C=O) groups is 1. The van der Waals surface area contributed by atoms with Crippen LogP contribution in [0.4, 0.5) is 11.4 Å². The average molecular weight is 403 g/mol. The zero-order valence-corrected chi connectivity index (χ0v) is 16.2. The molecule has 28 heavy (non-hydrogen) atoms. The number of para-hydroxylation sites is 1. The SMILES string of the molecule is Cc1cccc(NC(=O)C2CCN(S(=O)(=O)c3ccccc3[N+](=O)[O-])CC2)c1. The van der Waals surface area contributed by atoms with Crippen LogP contribution in [0.1, 0.15) is 18.4 Å². The Labute approximate surface area is 163 Å². The van der Waals surface area contributed by atoms with Crippen LogP contribution < -0.4 is 5.32 Å². The number of nitrogens with one attached hydrogen (secondary N) is 1. The van der Waals surface area contributed by atoms with Crippen molar-refractivity contribution >= 4 is 27.3 Å². The summed E-state index contributed by atoms with van der Waals surface area (Å²) in [5, 5.41) is 14.0. The Bertz CT molecular complexity index is 998. The highest BCUT2D eigenvalue weighted by atomic mass is 32.2. The summed E-state index contributed by atoms with van der Waals surface area (Å²) in [4.78, 5) is 22.6. The van der Waals surface area contributed by atoms with Gasteiger partial charge < -0.3 is 5.32 Å². The van der Waals surface area contributed by atoms with Crippen LogP contribution in [-0.4, -0.2) is 36.6 Å². The minimum atomic E-state index is -3.99. The highest BCUT2D eigenvalue weighted by molar-refractivity contribution is 7.89. The number of hydrogen-bond donors (Lipinski definition) is 1. The smallest absolute Gasteiger partial charge is 0.289 e. The number of carbonyl (C=O) groups excluding carboxylic acids is 1. The number of amides is 1. The molecule has 1 aliphatic rings. The molecule has 1 N–H and O–H groups in total. The lowest BCUT2D eigenvalue weighted by Crippen LogP contribution is -2.41. The molecule has 1 saturated heterocycles. The molecule has 1 heterocycles. The molecule has 0 atom stereocenters. The summed E-state index contributed by atoms with van der Waals surface area (Å²) in [6.45, 7) is 2.21. The molecular weight excluding hydrogens is 382 g/mol. The fourth-order valence-electron chi connectivity index (χ4n) is 3.29. The zero-order valence-electron chi connectivity index (χ0n) is 15.4. The summed E-state index contributed by atoms with van der Waals surface area (Å²) < 4.78 is 26.9. The molecule has 0 unspecified atom stereocenters. The Kier molecular flexibility index (Phi) is 5.76. The van der Waals surface area contributed by atoms with Crippen LogP contribution in [0.5, 0.6) is 0 Å². The number of anilines is 1. The van der Waals surface area contributed by atoms with Crippen molar-refractivity contribution in [2.75, 3.05) is 18.4 Å². The van der Waals surface area contributed by atoms with Gasteiger partial charge in [0.05, 0.1) is 4.92 Å². The van der Waals surface area contributed by atoms with Gasteiger partial charge >= 0.3 is 0 Å². The summed E-state index contributed by atoms with van der Waals surface area (Å²) in [5.74, 6) is -0.453. The van der Waals surface area contributed by atoms with Crippen LogP contribution in [-0.2, 0) is 14.8 Å². The van der Waals surface area contributed by atoms with Gasteiger partial charge in [0.1, 0.15) is 0 Å². The van der Waals surface area contributed by atoms with E-state index in [1.54, 1.807) is 6.07 Å². The molecule has 0 saturated carbocycles. The lowest BCUT2D eigenvalue weighted by atomic mass is 9.97. The second-order valence-electron chi connectivity index (χ2n) is 6.76. The molecule has 1 amide bonds. The van der Waals surface area contributed by atoms with Crippen molar-refractivity contribution in [2.24, 2.45) is 5.92 Å². The van der Waals surface area contributed by atoms with Crippen molar-refractivity contribution < 1.29 is 18.1 Å². The van der Waals surface area contributed by atoms with Crippen LogP contribution in [0, 0.1) is 23.0 Å². The number of piperidine rings is 1. The number of aryl methyl sites for hydroxylation is 1. The number of rotatable bonds is 5. The van der Waals surface area contributed by atoms with E-state index >= 15 is 0 Å². The third-order valence-electron chi connectivity index (χ3n) is 4.79. The normalized spacial score (nSPS) is 15.9. The summed E-state index contributed by atoms with van der Waals surface area (Å²) in [5.41, 5.74) is 1.30. The highest BCUT2D eigenvalue weighted by Gasteiger charge is 2.35. The zero-order chi connectivity index (χ0) is 20.3. The largest absolute Gasteiger partial charge is 0.326 e. The van der Waals surface area contributed by atoms with E-state index in [1.807, 2.05) is 25.1 Å². The molecule has 148 valence electrons. The van der Waals surface area contributed by atoms with Crippen LogP contribution in [0.15, 0.2) is 53.4 Å². The Morgan fingerprint density at radius 2 is 1.82 bits per heavy atom. The number of nitro benzene ring substituents is 1. The molecule has 0 aliphatic carbocycles. The van der Waals surface area contributed by atoms with E-state index in [-0.39, 0.29) is 29.8 Å². The average Bonchev–Trinajstić information content (AvgIpc) is 2.68. The third-order valence-corrected chi connectivity index (χ3v) is 6.74. The van der Waals surface area contributed by atoms with Crippen molar-refractivity contribution in [2.45, 2.75) is 24.7 Å². The van der Waals surface area contributed by atoms with Crippen LogP contribution in [0.25, 0.3) is 0 Å². The maximum atomic E-state index is 12.8. The van der Waals surface area contributed by atoms with E-state index in [9.17, 15) is 23.3 Å². The number of sulfonamides is 1. The number of hydrogen-bond acceptors (Lipinski definition) is 5. The Balaban J connectivity index is 1.68. The van der Waals surface area contributed by atoms with Gasteiger partial charge in [-0.3, -0.25) is 14.9 Å². The lowest BCUT2D eigenvalue weighted by Gasteiger charge is -2.30.